The van der Waals surface area contributed by atoms with Crippen molar-refractivity contribution in [2.45, 2.75) is 167 Å². The summed E-state index contributed by atoms with van der Waals surface area (Å²) in [4.78, 5) is 0. The molecule has 5 aromatic rings. The smallest absolute Gasteiger partial charge is 0.0775 e. The lowest BCUT2D eigenvalue weighted by Crippen LogP contribution is -2.37. The molecule has 0 aliphatic carbocycles. The Kier molecular flexibility index (Phi) is 30.3. The maximum Gasteiger partial charge on any atom is 0.0775 e. The Morgan fingerprint density at radius 1 is 0.343 bits per heavy atom. The predicted molar refractivity (Wildman–Crippen MR) is 301 cm³/mol. The van der Waals surface area contributed by atoms with Crippen molar-refractivity contribution in [3.05, 3.63) is 171 Å². The minimum atomic E-state index is -1.12. The first-order valence-corrected chi connectivity index (χ1v) is 28.6. The van der Waals surface area contributed by atoms with Crippen molar-refractivity contribution in [1.29, 1.82) is 0 Å². The van der Waals surface area contributed by atoms with Crippen molar-refractivity contribution in [2.75, 3.05) is 19.8 Å². The summed E-state index contributed by atoms with van der Waals surface area (Å²) in [6.45, 7) is 42.8. The van der Waals surface area contributed by atoms with Crippen LogP contribution in [0.3, 0.4) is 0 Å². The average molecular weight is 934 g/mol. The van der Waals surface area contributed by atoms with Gasteiger partial charge in [0.25, 0.3) is 0 Å². The minimum Gasteiger partial charge on any atom is -0.396 e. The zero-order chi connectivity index (χ0) is 50.3. The minimum absolute atomic E-state index is 0. The fourth-order valence-corrected chi connectivity index (χ4v) is 8.72. The molecule has 0 radical (unpaired) electrons. The molecular weight excluding hydrogens is 833 g/mol. The van der Waals surface area contributed by atoms with Gasteiger partial charge >= 0.3 is 0 Å². The molecule has 0 heterocycles. The lowest BCUT2D eigenvalue weighted by atomic mass is 9.88. The predicted octanol–water partition coefficient (Wildman–Crippen LogP) is 16.6. The molecule has 5 aromatic carbocycles. The van der Waals surface area contributed by atoms with Crippen LogP contribution in [0.5, 0.6) is 0 Å². The lowest BCUT2D eigenvalue weighted by molar-refractivity contribution is 0.237. The van der Waals surface area contributed by atoms with E-state index in [1.807, 2.05) is 0 Å². The standard InChI is InChI=1S/C14H24Si.3C12H18O.C12H18.CH4/c1-11(2)12(3)13-7-9-14(10-8-13)15(4,5)6;2*1-9(2)12(8-13)11-6-4-10(3)5-7-11;1-9(2)12(8-13)11-6-4-5-10(3)7-11;1-9(2)11(4)12-7-5-10(3)6-8-12;/h7-12H,1-6H3;3*4-7,9,12-13H,8H2,1-3H3;5-9,11H,1-4H3;1H4. The van der Waals surface area contributed by atoms with Crippen LogP contribution in [0.25, 0.3) is 0 Å². The van der Waals surface area contributed by atoms with Crippen molar-refractivity contribution in [1.82, 2.24) is 0 Å². The summed E-state index contributed by atoms with van der Waals surface area (Å²) in [5.74, 6) is 5.11. The highest BCUT2D eigenvalue weighted by atomic mass is 28.3. The molecule has 0 aliphatic heterocycles. The number of hydrogen-bond acceptors (Lipinski definition) is 3. The Balaban J connectivity index is 0.000000811. The van der Waals surface area contributed by atoms with E-state index in [9.17, 15) is 15.3 Å². The van der Waals surface area contributed by atoms with Crippen LogP contribution in [0.1, 0.15) is 170 Å². The average Bonchev–Trinajstić information content (AvgIpc) is 3.26. The van der Waals surface area contributed by atoms with E-state index in [4.69, 9.17) is 0 Å². The van der Waals surface area contributed by atoms with E-state index in [1.54, 1.807) is 5.19 Å². The molecule has 3 nitrogen and oxygen atoms in total. The summed E-state index contributed by atoms with van der Waals surface area (Å²) >= 11 is 0. The zero-order valence-corrected chi connectivity index (χ0v) is 46.3. The summed E-state index contributed by atoms with van der Waals surface area (Å²) in [5.41, 5.74) is 11.8. The molecule has 0 saturated carbocycles. The van der Waals surface area contributed by atoms with Gasteiger partial charge in [-0.05, 0) is 96.9 Å². The second-order valence-electron chi connectivity index (χ2n) is 21.7. The van der Waals surface area contributed by atoms with E-state index in [2.05, 4.69) is 252 Å². The van der Waals surface area contributed by atoms with Crippen LogP contribution in [0.2, 0.25) is 19.6 Å². The first-order chi connectivity index (χ1) is 30.9. The van der Waals surface area contributed by atoms with Gasteiger partial charge in [-0.3, -0.25) is 0 Å². The van der Waals surface area contributed by atoms with E-state index in [0.717, 1.165) is 11.8 Å². The molecule has 0 aliphatic rings. The first-order valence-electron chi connectivity index (χ1n) is 25.1. The number of aliphatic hydroxyl groups is 3. The molecular formula is C63H100O3Si. The Morgan fingerprint density at radius 3 is 0.881 bits per heavy atom. The van der Waals surface area contributed by atoms with Gasteiger partial charge in [0.05, 0.1) is 27.9 Å². The Labute approximate surface area is 414 Å². The van der Waals surface area contributed by atoms with Crippen LogP contribution in [0, 0.1) is 57.3 Å². The van der Waals surface area contributed by atoms with Crippen molar-refractivity contribution in [3.8, 4) is 0 Å². The highest BCUT2D eigenvalue weighted by Gasteiger charge is 2.18. The van der Waals surface area contributed by atoms with Gasteiger partial charge < -0.3 is 15.3 Å². The van der Waals surface area contributed by atoms with Gasteiger partial charge in [-0.1, -0.05) is 259 Å². The molecule has 0 saturated heterocycles. The summed E-state index contributed by atoms with van der Waals surface area (Å²) < 4.78 is 0. The van der Waals surface area contributed by atoms with Crippen LogP contribution in [0.15, 0.2) is 121 Å². The second kappa shape index (κ2) is 32.1. The third-order valence-electron chi connectivity index (χ3n) is 13.4. The second-order valence-corrected chi connectivity index (χ2v) is 26.8. The third kappa shape index (κ3) is 23.4. The van der Waals surface area contributed by atoms with Crippen LogP contribution in [-0.2, 0) is 0 Å². The van der Waals surface area contributed by atoms with E-state index in [-0.39, 0.29) is 45.0 Å². The maximum atomic E-state index is 9.24. The maximum absolute atomic E-state index is 9.24. The lowest BCUT2D eigenvalue weighted by Gasteiger charge is -2.20. The monoisotopic (exact) mass is 933 g/mol. The molecule has 5 atom stereocenters. The van der Waals surface area contributed by atoms with Gasteiger partial charge in [0.1, 0.15) is 0 Å². The van der Waals surface area contributed by atoms with Gasteiger partial charge in [-0.2, -0.15) is 0 Å². The molecule has 0 amide bonds. The number of benzene rings is 5. The Hall–Kier alpha value is -3.80. The van der Waals surface area contributed by atoms with Crippen molar-refractivity contribution < 1.29 is 15.3 Å². The largest absolute Gasteiger partial charge is 0.396 e. The SMILES string of the molecule is C.CC(C)C(C)c1ccc([Si](C)(C)C)cc1.Cc1ccc(C(C)C(C)C)cc1.Cc1ccc(C(CO)C(C)C)cc1.Cc1ccc(C(CO)C(C)C)cc1.Cc1cccc(C(CO)C(C)C)c1. The first kappa shape index (κ1) is 63.2. The van der Waals surface area contributed by atoms with Gasteiger partial charge in [0.15, 0.2) is 0 Å². The number of hydrogen-bond donors (Lipinski definition) is 3. The van der Waals surface area contributed by atoms with Crippen LogP contribution in [0.4, 0.5) is 0 Å². The molecule has 0 fully saturated rings. The molecule has 3 N–H and O–H groups in total. The Morgan fingerprint density at radius 2 is 0.627 bits per heavy atom. The Bertz CT molecular complexity index is 1930. The van der Waals surface area contributed by atoms with Gasteiger partial charge in [0.2, 0.25) is 0 Å². The molecule has 374 valence electrons. The van der Waals surface area contributed by atoms with Crippen molar-refractivity contribution in [3.63, 3.8) is 0 Å². The molecule has 4 heteroatoms. The van der Waals surface area contributed by atoms with Crippen molar-refractivity contribution >= 4 is 13.3 Å². The van der Waals surface area contributed by atoms with Gasteiger partial charge in [0, 0.05) is 17.8 Å². The fourth-order valence-electron chi connectivity index (χ4n) is 7.56. The van der Waals surface area contributed by atoms with Gasteiger partial charge in [-0.25, -0.2) is 0 Å². The fraction of sp³-hybridized carbons (Fsp3) is 0.524. The summed E-state index contributed by atoms with van der Waals surface area (Å²) in [7, 11) is -1.12. The summed E-state index contributed by atoms with van der Waals surface area (Å²) in [5, 5.41) is 29.2. The topological polar surface area (TPSA) is 60.7 Å². The quantitative estimate of drug-likeness (QED) is 0.0973. The molecule has 0 aromatic heterocycles. The van der Waals surface area contributed by atoms with E-state index in [0.29, 0.717) is 29.6 Å². The van der Waals surface area contributed by atoms with Crippen LogP contribution >= 0.6 is 0 Å². The third-order valence-corrected chi connectivity index (χ3v) is 15.5. The van der Waals surface area contributed by atoms with Crippen molar-refractivity contribution in [2.24, 2.45) is 29.6 Å². The van der Waals surface area contributed by atoms with E-state index >= 15 is 0 Å². The molecule has 5 unspecified atom stereocenters. The molecule has 0 bridgehead atoms. The molecule has 0 spiro atoms. The normalized spacial score (nSPS) is 13.4. The zero-order valence-electron chi connectivity index (χ0n) is 45.3. The highest BCUT2D eigenvalue weighted by molar-refractivity contribution is 6.88. The van der Waals surface area contributed by atoms with E-state index < -0.39 is 8.07 Å². The number of rotatable bonds is 14. The molecule has 5 rings (SSSR count). The highest BCUT2D eigenvalue weighted by Crippen LogP contribution is 2.27. The van der Waals surface area contributed by atoms with Gasteiger partial charge in [-0.15, -0.1) is 0 Å². The van der Waals surface area contributed by atoms with Crippen LogP contribution < -0.4 is 5.19 Å². The summed E-state index contributed by atoms with van der Waals surface area (Å²) in [6, 6.07) is 43.4. The van der Waals surface area contributed by atoms with Crippen LogP contribution in [-0.4, -0.2) is 43.2 Å². The molecule has 67 heavy (non-hydrogen) atoms. The number of aliphatic hydroxyl groups excluding tert-OH is 3. The number of aryl methyl sites for hydroxylation is 4. The van der Waals surface area contributed by atoms with E-state index in [1.165, 1.54) is 50.1 Å². The summed E-state index contributed by atoms with van der Waals surface area (Å²) in [6.07, 6.45) is 0.